The summed E-state index contributed by atoms with van der Waals surface area (Å²) < 4.78 is 53.7. The number of methoxy groups -OCH3 is 1. The smallest absolute Gasteiger partial charge is 0.416 e. The molecule has 3 fully saturated rings. The molecule has 67 heavy (non-hydrogen) atoms. The second-order valence-electron chi connectivity index (χ2n) is 17.9. The Bertz CT molecular complexity index is 2740. The third-order valence-corrected chi connectivity index (χ3v) is 13.7. The summed E-state index contributed by atoms with van der Waals surface area (Å²) in [6.45, 7) is 8.48. The van der Waals surface area contributed by atoms with Crippen LogP contribution in [0.5, 0.6) is 11.5 Å². The predicted octanol–water partition coefficient (Wildman–Crippen LogP) is 6.95. The maximum atomic E-state index is 13.9. The summed E-state index contributed by atoms with van der Waals surface area (Å²) in [5, 5.41) is 4.33. The van der Waals surface area contributed by atoms with Crippen molar-refractivity contribution >= 4 is 45.8 Å². The fraction of sp³-hybridized carbons (Fsp3) is 0.458. The minimum Gasteiger partial charge on any atom is -0.496 e. The molecule has 0 radical (unpaired) electrons. The van der Waals surface area contributed by atoms with Gasteiger partial charge in [-0.15, -0.1) is 0 Å². The number of carbonyl (C=O) groups excluding carboxylic acids is 2. The quantitative estimate of drug-likeness (QED) is 0.110. The first kappa shape index (κ1) is 47.4. The van der Waals surface area contributed by atoms with Crippen LogP contribution in [0.15, 0.2) is 70.4 Å². The molecule has 2 aliphatic heterocycles. The van der Waals surface area contributed by atoms with Gasteiger partial charge in [0, 0.05) is 87.2 Å². The Labute approximate surface area is 390 Å². The number of amides is 2. The number of nitrogens with two attached hydrogens (primary N) is 1. The number of hydrogen-bond acceptors (Lipinski definition) is 11. The van der Waals surface area contributed by atoms with Gasteiger partial charge in [0.25, 0.3) is 11.5 Å². The van der Waals surface area contributed by atoms with Gasteiger partial charge in [-0.25, -0.2) is 14.8 Å². The normalized spacial score (nSPS) is 19.0. The third-order valence-electron chi connectivity index (χ3n) is 13.4. The van der Waals surface area contributed by atoms with Crippen molar-refractivity contribution in [2.45, 2.75) is 70.5 Å². The molecular formula is C48H55ClF3N9O6. The number of aryl methyl sites for hydroxylation is 1. The Balaban J connectivity index is 0.801. The molecule has 5 aromatic rings. The largest absolute Gasteiger partial charge is 0.496 e. The molecule has 3 aromatic carbocycles. The lowest BCUT2D eigenvalue weighted by atomic mass is 9.77. The molecule has 8 rings (SSSR count). The Kier molecular flexibility index (Phi) is 14.1. The van der Waals surface area contributed by atoms with Crippen LogP contribution >= 0.6 is 11.6 Å². The number of anilines is 2. The zero-order valence-corrected chi connectivity index (χ0v) is 38.5. The standard InChI is InChI=1S/C48H55ClF3N9O6/c1-28(33-20-34(48(50,51)52)22-35(53)21-33)54-45-38-24-37(42(66-3)25-40(38)55-29(2)56-45)31-4-6-32(7-5-31)46(64)60-18-16-58(17-19-60)26-30-10-13-59(14-11-30)44(63)27-67-36-8-9-39(49)41(23-36)61-15-12-43(62)57-47(61)65/h8-9,12,15,20-25,28,30-32H,4-7,10-11,13-14,16-19,26-27,53H2,1-3H3,(H,54,55,56)(H,57,62,65)/t28-,31?,32?/m1/s1. The number of carbonyl (C=O) groups is 2. The number of piperidine rings is 1. The van der Waals surface area contributed by atoms with Gasteiger partial charge < -0.3 is 30.3 Å². The number of aromatic nitrogens is 4. The van der Waals surface area contributed by atoms with Crippen LogP contribution in [-0.4, -0.2) is 106 Å². The van der Waals surface area contributed by atoms with Crippen LogP contribution in [0.25, 0.3) is 16.6 Å². The van der Waals surface area contributed by atoms with E-state index in [1.54, 1.807) is 39.2 Å². The number of nitrogen functional groups attached to an aromatic ring is 1. The lowest BCUT2D eigenvalue weighted by molar-refractivity contribution is -0.139. The van der Waals surface area contributed by atoms with Crippen LogP contribution in [0.4, 0.5) is 24.7 Å². The minimum atomic E-state index is -4.53. The number of alkyl halides is 3. The highest BCUT2D eigenvalue weighted by Gasteiger charge is 2.35. The predicted molar refractivity (Wildman–Crippen MR) is 249 cm³/mol. The van der Waals surface area contributed by atoms with Crippen LogP contribution in [-0.2, 0) is 15.8 Å². The molecule has 2 saturated heterocycles. The third kappa shape index (κ3) is 11.0. The number of rotatable bonds is 12. The number of aromatic amines is 1. The molecule has 1 saturated carbocycles. The van der Waals surface area contributed by atoms with Crippen LogP contribution in [0.2, 0.25) is 5.02 Å². The first-order chi connectivity index (χ1) is 32.0. The highest BCUT2D eigenvalue weighted by molar-refractivity contribution is 6.32. The van der Waals surface area contributed by atoms with E-state index < -0.39 is 29.0 Å². The summed E-state index contributed by atoms with van der Waals surface area (Å²) in [6, 6.07) is 12.9. The van der Waals surface area contributed by atoms with Gasteiger partial charge in [0.05, 0.1) is 34.9 Å². The Morgan fingerprint density at radius 1 is 0.925 bits per heavy atom. The highest BCUT2D eigenvalue weighted by atomic mass is 35.5. The number of likely N-dealkylation sites (tertiary alicyclic amines) is 1. The molecule has 1 atom stereocenters. The Hall–Kier alpha value is -6.14. The summed E-state index contributed by atoms with van der Waals surface area (Å²) in [5.41, 5.74) is 6.26. The summed E-state index contributed by atoms with van der Waals surface area (Å²) in [6.07, 6.45) is 1.62. The maximum absolute atomic E-state index is 13.9. The van der Waals surface area contributed by atoms with Crippen molar-refractivity contribution in [2.75, 3.05) is 70.6 Å². The minimum absolute atomic E-state index is 0.0237. The molecular weight excluding hydrogens is 891 g/mol. The second kappa shape index (κ2) is 20.0. The SMILES string of the molecule is COc1cc2nc(C)nc(N[C@H](C)c3cc(N)cc(C(F)(F)F)c3)c2cc1C1CCC(C(=O)N2CCN(CC3CCN(C(=O)COc4ccc(Cl)c(-n5ccc(=O)[nH]c5=O)c4)CC3)CC2)CC1. The van der Waals surface area contributed by atoms with Crippen molar-refractivity contribution in [1.29, 1.82) is 0 Å². The number of benzene rings is 3. The topological polar surface area (TPSA) is 181 Å². The lowest BCUT2D eigenvalue weighted by Gasteiger charge is -2.40. The monoisotopic (exact) mass is 945 g/mol. The van der Waals surface area contributed by atoms with Crippen LogP contribution in [0.3, 0.4) is 0 Å². The number of halogens is 4. The van der Waals surface area contributed by atoms with E-state index in [0.717, 1.165) is 81.2 Å². The van der Waals surface area contributed by atoms with Crippen molar-refractivity contribution in [3.63, 3.8) is 0 Å². The van der Waals surface area contributed by atoms with Crippen molar-refractivity contribution in [2.24, 2.45) is 11.8 Å². The van der Waals surface area contributed by atoms with E-state index in [1.165, 1.54) is 22.9 Å². The fourth-order valence-corrected chi connectivity index (χ4v) is 9.88. The lowest BCUT2D eigenvalue weighted by Crippen LogP contribution is -2.52. The van der Waals surface area contributed by atoms with Gasteiger partial charge >= 0.3 is 11.9 Å². The first-order valence-corrected chi connectivity index (χ1v) is 23.0. The fourth-order valence-electron chi connectivity index (χ4n) is 9.67. The van der Waals surface area contributed by atoms with E-state index in [0.29, 0.717) is 72.0 Å². The molecule has 15 nitrogen and oxygen atoms in total. The van der Waals surface area contributed by atoms with Gasteiger partial charge in [-0.1, -0.05) is 11.6 Å². The average molecular weight is 946 g/mol. The number of H-pyrrole nitrogens is 1. The molecule has 0 bridgehead atoms. The molecule has 3 aliphatic rings. The van der Waals surface area contributed by atoms with Crippen LogP contribution < -0.4 is 31.8 Å². The molecule has 2 amide bonds. The highest BCUT2D eigenvalue weighted by Crippen LogP contribution is 2.43. The van der Waals surface area contributed by atoms with Crippen LogP contribution in [0, 0.1) is 18.8 Å². The van der Waals surface area contributed by atoms with E-state index >= 15 is 0 Å². The summed E-state index contributed by atoms with van der Waals surface area (Å²) in [4.78, 5) is 68.5. The molecule has 2 aromatic heterocycles. The maximum Gasteiger partial charge on any atom is 0.416 e. The van der Waals surface area contributed by atoms with E-state index in [4.69, 9.17) is 26.8 Å². The molecule has 4 N–H and O–H groups in total. The summed E-state index contributed by atoms with van der Waals surface area (Å²) >= 11 is 6.32. The van der Waals surface area contributed by atoms with Crippen molar-refractivity contribution in [1.82, 2.24) is 34.2 Å². The van der Waals surface area contributed by atoms with Crippen LogP contribution in [0.1, 0.15) is 79.9 Å². The van der Waals surface area contributed by atoms with E-state index in [2.05, 4.69) is 25.2 Å². The summed E-state index contributed by atoms with van der Waals surface area (Å²) in [5.74, 6) is 2.63. The van der Waals surface area contributed by atoms with Gasteiger partial charge in [-0.3, -0.25) is 28.8 Å². The zero-order chi connectivity index (χ0) is 47.6. The number of ether oxygens (including phenoxy) is 2. The van der Waals surface area contributed by atoms with Gasteiger partial charge in [0.15, 0.2) is 6.61 Å². The molecule has 1 aliphatic carbocycles. The molecule has 0 unspecified atom stereocenters. The second-order valence-corrected chi connectivity index (χ2v) is 18.3. The van der Waals surface area contributed by atoms with Gasteiger partial charge in [-0.2, -0.15) is 13.2 Å². The number of hydrogen-bond donors (Lipinski definition) is 3. The zero-order valence-electron chi connectivity index (χ0n) is 37.7. The molecule has 4 heterocycles. The molecule has 356 valence electrons. The molecule has 19 heteroatoms. The van der Waals surface area contributed by atoms with Crippen molar-refractivity contribution in [3.05, 3.63) is 109 Å². The first-order valence-electron chi connectivity index (χ1n) is 22.7. The number of fused-ring (bicyclic) bond motifs is 1. The van der Waals surface area contributed by atoms with E-state index in [-0.39, 0.29) is 41.0 Å². The van der Waals surface area contributed by atoms with Gasteiger partial charge in [-0.05, 0) is 112 Å². The Morgan fingerprint density at radius 3 is 2.34 bits per heavy atom. The van der Waals surface area contributed by atoms with Crippen molar-refractivity contribution < 1.29 is 32.2 Å². The number of nitrogens with zero attached hydrogens (tertiary/aromatic N) is 6. The molecule has 0 spiro atoms. The number of piperazine rings is 1. The van der Waals surface area contributed by atoms with Crippen molar-refractivity contribution in [3.8, 4) is 17.2 Å². The summed E-state index contributed by atoms with van der Waals surface area (Å²) in [7, 11) is 1.62. The van der Waals surface area contributed by atoms with E-state index in [9.17, 15) is 32.3 Å². The average Bonchev–Trinajstić information content (AvgIpc) is 3.30. The van der Waals surface area contributed by atoms with E-state index in [1.807, 2.05) is 21.9 Å². The Morgan fingerprint density at radius 2 is 1.66 bits per heavy atom. The van der Waals surface area contributed by atoms with Gasteiger partial charge in [0.2, 0.25) is 5.91 Å². The van der Waals surface area contributed by atoms with Gasteiger partial charge in [0.1, 0.15) is 23.1 Å². The number of nitrogens with one attached hydrogen (secondary N) is 2.